The molecule has 8 nitrogen and oxygen atoms in total. The fourth-order valence-electron chi connectivity index (χ4n) is 7.19. The number of hydrogen-bond donors (Lipinski definition) is 3. The van der Waals surface area contributed by atoms with Crippen LogP contribution in [0.25, 0.3) is 11.1 Å². The van der Waals surface area contributed by atoms with Crippen molar-refractivity contribution in [2.24, 2.45) is 11.8 Å². The van der Waals surface area contributed by atoms with Crippen molar-refractivity contribution in [2.45, 2.75) is 68.2 Å². The van der Waals surface area contributed by atoms with Crippen LogP contribution in [0.5, 0.6) is 0 Å². The van der Waals surface area contributed by atoms with Crippen molar-refractivity contribution in [3.63, 3.8) is 0 Å². The number of piperidine rings is 3. The van der Waals surface area contributed by atoms with Crippen molar-refractivity contribution in [1.29, 1.82) is 5.26 Å². The fraction of sp³-hybridized carbons (Fsp3) is 0.467. The number of alkyl halides is 2. The molecule has 0 radical (unpaired) electrons. The number of hydrogen-bond acceptors (Lipinski definition) is 5. The maximum absolute atomic E-state index is 15.3. The van der Waals surface area contributed by atoms with Gasteiger partial charge in [0, 0.05) is 41.1 Å². The molecule has 2 aromatic rings. The summed E-state index contributed by atoms with van der Waals surface area (Å²) < 4.78 is 30.6. The van der Waals surface area contributed by atoms with E-state index < -0.39 is 59.7 Å². The summed E-state index contributed by atoms with van der Waals surface area (Å²) in [6, 6.07) is 9.88. The van der Waals surface area contributed by atoms with Crippen LogP contribution in [-0.2, 0) is 20.0 Å². The SMILES string of the molecule is N#C[C@@H](C[C@@H]1CCCNC1=O)NC(=O)[C@@H]1[C@@H]2CC[C@@H](CC2(F)F)N1C(=O)[C@]1(O)c2ccccc2-c2ccc(Cl)cc21. The van der Waals surface area contributed by atoms with E-state index in [1.54, 1.807) is 36.4 Å². The molecule has 3 heterocycles. The summed E-state index contributed by atoms with van der Waals surface area (Å²) in [5.74, 6) is -7.19. The first-order valence-electron chi connectivity index (χ1n) is 13.9. The van der Waals surface area contributed by atoms with Gasteiger partial charge < -0.3 is 20.6 Å². The van der Waals surface area contributed by atoms with Crippen molar-refractivity contribution in [1.82, 2.24) is 15.5 Å². The molecule has 0 unspecified atom stereocenters. The largest absolute Gasteiger partial charge is 0.372 e. The molecule has 4 fully saturated rings. The van der Waals surface area contributed by atoms with E-state index in [0.29, 0.717) is 24.1 Å². The van der Waals surface area contributed by atoms with Crippen LogP contribution in [0.15, 0.2) is 42.5 Å². The summed E-state index contributed by atoms with van der Waals surface area (Å²) in [6.07, 6.45) is 0.943. The quantitative estimate of drug-likeness (QED) is 0.498. The van der Waals surface area contributed by atoms with Gasteiger partial charge in [-0.3, -0.25) is 14.4 Å². The highest BCUT2D eigenvalue weighted by molar-refractivity contribution is 6.31. The second-order valence-corrected chi connectivity index (χ2v) is 11.9. The number of nitrogens with zero attached hydrogens (tertiary/aromatic N) is 2. The molecule has 2 bridgehead atoms. The van der Waals surface area contributed by atoms with E-state index in [1.807, 2.05) is 6.07 Å². The Morgan fingerprint density at radius 3 is 2.66 bits per heavy atom. The molecule has 7 rings (SSSR count). The van der Waals surface area contributed by atoms with Crippen LogP contribution < -0.4 is 10.6 Å². The minimum absolute atomic E-state index is 0.0131. The van der Waals surface area contributed by atoms with Crippen LogP contribution in [-0.4, -0.2) is 58.3 Å². The molecular weight excluding hydrogens is 554 g/mol. The standard InChI is InChI=1S/C30H29ClF2N4O4/c31-17-7-9-21-20-5-1-2-6-22(20)30(41,24(21)13-17)28(40)37-19-8-10-23(29(32,33)14-19)25(37)27(39)36-18(15-34)12-16-4-3-11-35-26(16)38/h1-2,5-7,9,13,16,18-19,23,25,41H,3-4,8,10-12,14H2,(H,35,38)(H,36,39)/t16-,18+,19-,23-,25-,30-/m0/s1. The zero-order chi connectivity index (χ0) is 29.1. The van der Waals surface area contributed by atoms with Gasteiger partial charge >= 0.3 is 0 Å². The predicted molar refractivity (Wildman–Crippen MR) is 144 cm³/mol. The number of fused-ring (bicyclic) bond motifs is 6. The van der Waals surface area contributed by atoms with Gasteiger partial charge in [0.05, 0.1) is 12.0 Å². The van der Waals surface area contributed by atoms with Gasteiger partial charge in [-0.15, -0.1) is 0 Å². The Morgan fingerprint density at radius 2 is 1.93 bits per heavy atom. The molecule has 3 saturated heterocycles. The lowest BCUT2D eigenvalue weighted by atomic mass is 9.70. The fourth-order valence-corrected chi connectivity index (χ4v) is 7.36. The first-order valence-corrected chi connectivity index (χ1v) is 14.2. The van der Waals surface area contributed by atoms with Crippen LogP contribution in [0.2, 0.25) is 5.02 Å². The average Bonchev–Trinajstić information content (AvgIpc) is 3.21. The number of carbonyl (C=O) groups excluding carboxylic acids is 3. The van der Waals surface area contributed by atoms with Crippen LogP contribution in [0.4, 0.5) is 8.78 Å². The average molecular weight is 583 g/mol. The zero-order valence-electron chi connectivity index (χ0n) is 22.1. The van der Waals surface area contributed by atoms with E-state index in [1.165, 1.54) is 6.07 Å². The highest BCUT2D eigenvalue weighted by Gasteiger charge is 2.63. The highest BCUT2D eigenvalue weighted by Crippen LogP contribution is 2.54. The Hall–Kier alpha value is -3.55. The maximum Gasteiger partial charge on any atom is 0.264 e. The van der Waals surface area contributed by atoms with Gasteiger partial charge in [0.25, 0.3) is 11.8 Å². The van der Waals surface area contributed by atoms with Crippen molar-refractivity contribution in [3.8, 4) is 17.2 Å². The van der Waals surface area contributed by atoms with Crippen LogP contribution in [0.3, 0.4) is 0 Å². The summed E-state index contributed by atoms with van der Waals surface area (Å²) in [5, 5.41) is 27.6. The van der Waals surface area contributed by atoms with Crippen molar-refractivity contribution >= 4 is 29.3 Å². The molecule has 6 atom stereocenters. The Balaban J connectivity index is 1.36. The molecule has 1 saturated carbocycles. The predicted octanol–water partition coefficient (Wildman–Crippen LogP) is 3.50. The number of nitrogens with one attached hydrogen (secondary N) is 2. The van der Waals surface area contributed by atoms with E-state index >= 15 is 8.78 Å². The van der Waals surface area contributed by atoms with Gasteiger partial charge in [-0.25, -0.2) is 8.78 Å². The summed E-state index contributed by atoms with van der Waals surface area (Å²) in [4.78, 5) is 41.6. The molecule has 41 heavy (non-hydrogen) atoms. The minimum atomic E-state index is -3.22. The van der Waals surface area contributed by atoms with E-state index in [9.17, 15) is 24.8 Å². The van der Waals surface area contributed by atoms with Gasteiger partial charge in [-0.05, 0) is 55.4 Å². The number of nitriles is 1. The Labute approximate surface area is 240 Å². The van der Waals surface area contributed by atoms with E-state index in [0.717, 1.165) is 11.3 Å². The van der Waals surface area contributed by atoms with Crippen molar-refractivity contribution in [2.75, 3.05) is 6.54 Å². The van der Waals surface area contributed by atoms with Crippen molar-refractivity contribution in [3.05, 3.63) is 58.6 Å². The Bertz CT molecular complexity index is 1480. The van der Waals surface area contributed by atoms with Crippen molar-refractivity contribution < 1.29 is 28.3 Å². The second kappa shape index (κ2) is 10.1. The Morgan fingerprint density at radius 1 is 1.17 bits per heavy atom. The Kier molecular flexibility index (Phi) is 6.78. The topological polar surface area (TPSA) is 123 Å². The molecule has 2 aromatic carbocycles. The number of carbonyl (C=O) groups is 3. The molecule has 11 heteroatoms. The lowest BCUT2D eigenvalue weighted by Gasteiger charge is -2.54. The van der Waals surface area contributed by atoms with E-state index in [2.05, 4.69) is 10.6 Å². The van der Waals surface area contributed by atoms with Gasteiger partial charge in [-0.1, -0.05) is 41.9 Å². The smallest absolute Gasteiger partial charge is 0.264 e. The molecule has 3 N–H and O–H groups in total. The lowest BCUT2D eigenvalue weighted by Crippen LogP contribution is -2.70. The van der Waals surface area contributed by atoms with E-state index in [4.69, 9.17) is 11.6 Å². The first-order chi connectivity index (χ1) is 19.6. The maximum atomic E-state index is 15.3. The second-order valence-electron chi connectivity index (χ2n) is 11.5. The molecule has 0 aromatic heterocycles. The van der Waals surface area contributed by atoms with E-state index in [-0.39, 0.29) is 41.3 Å². The molecular formula is C30H29ClF2N4O4. The molecule has 214 valence electrons. The monoisotopic (exact) mass is 582 g/mol. The molecule has 3 amide bonds. The summed E-state index contributed by atoms with van der Waals surface area (Å²) in [7, 11) is 0. The number of aliphatic hydroxyl groups is 1. The van der Waals surface area contributed by atoms with Gasteiger partial charge in [0.2, 0.25) is 11.8 Å². The summed E-state index contributed by atoms with van der Waals surface area (Å²) in [6.45, 7) is 0.538. The summed E-state index contributed by atoms with van der Waals surface area (Å²) in [5.41, 5.74) is -0.546. The number of amides is 3. The minimum Gasteiger partial charge on any atom is -0.372 e. The van der Waals surface area contributed by atoms with Gasteiger partial charge in [-0.2, -0.15) is 5.26 Å². The highest BCUT2D eigenvalue weighted by atomic mass is 35.5. The first kappa shape index (κ1) is 27.6. The number of rotatable bonds is 5. The lowest BCUT2D eigenvalue weighted by molar-refractivity contribution is -0.201. The number of halogens is 3. The normalized spacial score (nSPS) is 30.0. The third-order valence-corrected chi connectivity index (χ3v) is 9.35. The zero-order valence-corrected chi connectivity index (χ0v) is 22.8. The van der Waals surface area contributed by atoms with Crippen LogP contribution in [0, 0.1) is 23.2 Å². The molecule has 3 aliphatic heterocycles. The molecule has 0 spiro atoms. The molecule has 5 aliphatic rings. The summed E-state index contributed by atoms with van der Waals surface area (Å²) >= 11 is 6.27. The third kappa shape index (κ3) is 4.37. The van der Waals surface area contributed by atoms with Gasteiger partial charge in [0.1, 0.15) is 12.1 Å². The van der Waals surface area contributed by atoms with Crippen LogP contribution in [0.1, 0.15) is 49.7 Å². The van der Waals surface area contributed by atoms with Crippen LogP contribution >= 0.6 is 11.6 Å². The van der Waals surface area contributed by atoms with Gasteiger partial charge in [0.15, 0.2) is 5.60 Å². The third-order valence-electron chi connectivity index (χ3n) is 9.12. The number of benzene rings is 2. The molecule has 2 aliphatic carbocycles.